The number of para-hydroxylation sites is 2. The van der Waals surface area contributed by atoms with Gasteiger partial charge in [0.15, 0.2) is 0 Å². The van der Waals surface area contributed by atoms with E-state index in [2.05, 4.69) is 158 Å². The topological polar surface area (TPSA) is 3.24 Å². The van der Waals surface area contributed by atoms with Crippen molar-refractivity contribution in [2.24, 2.45) is 0 Å². The number of benzene rings is 6. The van der Waals surface area contributed by atoms with Crippen molar-refractivity contribution in [3.63, 3.8) is 0 Å². The van der Waals surface area contributed by atoms with E-state index in [0.717, 1.165) is 11.4 Å². The van der Waals surface area contributed by atoms with Gasteiger partial charge in [-0.3, -0.25) is 0 Å². The van der Waals surface area contributed by atoms with Crippen LogP contribution in [0.1, 0.15) is 25.0 Å². The van der Waals surface area contributed by atoms with Crippen LogP contribution in [0.2, 0.25) is 0 Å². The summed E-state index contributed by atoms with van der Waals surface area (Å²) in [4.78, 5) is 2.35. The highest BCUT2D eigenvalue weighted by molar-refractivity contribution is 6.06. The molecule has 38 heavy (non-hydrogen) atoms. The van der Waals surface area contributed by atoms with E-state index in [-0.39, 0.29) is 5.41 Å². The molecule has 0 amide bonds. The molecule has 0 aliphatic heterocycles. The summed E-state index contributed by atoms with van der Waals surface area (Å²) in [5.74, 6) is 0. The largest absolute Gasteiger partial charge is 0.310 e. The van der Waals surface area contributed by atoms with Gasteiger partial charge in [-0.1, -0.05) is 111 Å². The van der Waals surface area contributed by atoms with Crippen LogP contribution in [0.4, 0.5) is 17.1 Å². The molecule has 0 N–H and O–H groups in total. The lowest BCUT2D eigenvalue weighted by atomic mass is 9.79. The second kappa shape index (κ2) is 8.75. The Hall–Kier alpha value is -4.62. The molecule has 0 heterocycles. The highest BCUT2D eigenvalue weighted by Crippen LogP contribution is 2.54. The zero-order valence-corrected chi connectivity index (χ0v) is 21.7. The maximum absolute atomic E-state index is 2.43. The van der Waals surface area contributed by atoms with Gasteiger partial charge in [0.1, 0.15) is 0 Å². The van der Waals surface area contributed by atoms with Gasteiger partial charge in [0.2, 0.25) is 0 Å². The Morgan fingerprint density at radius 3 is 1.63 bits per heavy atom. The van der Waals surface area contributed by atoms with Gasteiger partial charge < -0.3 is 4.90 Å². The number of hydrogen-bond donors (Lipinski definition) is 0. The number of fused-ring (bicyclic) bond motifs is 5. The molecule has 182 valence electrons. The monoisotopic (exact) mass is 487 g/mol. The van der Waals surface area contributed by atoms with Crippen LogP contribution in [0.25, 0.3) is 33.0 Å². The van der Waals surface area contributed by atoms with E-state index in [1.54, 1.807) is 0 Å². The number of anilines is 3. The van der Waals surface area contributed by atoms with E-state index < -0.39 is 0 Å². The lowest BCUT2D eigenvalue weighted by molar-refractivity contribution is 0.666. The molecule has 0 spiro atoms. The fourth-order valence-corrected chi connectivity index (χ4v) is 6.29. The van der Waals surface area contributed by atoms with Crippen molar-refractivity contribution in [1.29, 1.82) is 0 Å². The van der Waals surface area contributed by atoms with Crippen molar-refractivity contribution < 1.29 is 0 Å². The molecule has 1 aliphatic carbocycles. The Morgan fingerprint density at radius 2 is 1.00 bits per heavy atom. The summed E-state index contributed by atoms with van der Waals surface area (Å²) >= 11 is 0. The van der Waals surface area contributed by atoms with Crippen LogP contribution < -0.4 is 4.90 Å². The van der Waals surface area contributed by atoms with Gasteiger partial charge in [0.25, 0.3) is 0 Å². The minimum atomic E-state index is -0.0949. The average Bonchev–Trinajstić information content (AvgIpc) is 3.20. The van der Waals surface area contributed by atoms with Crippen molar-refractivity contribution in [1.82, 2.24) is 0 Å². The SMILES string of the molecule is CC1(C)c2ccc(N(c3ccccc3)c3ccccc3)cc2-c2cc(-c3ccccc3)c3ccccc3c21. The van der Waals surface area contributed by atoms with Gasteiger partial charge in [0.05, 0.1) is 0 Å². The first-order valence-electron chi connectivity index (χ1n) is 13.3. The predicted octanol–water partition coefficient (Wildman–Crippen LogP) is 10.3. The molecular weight excluding hydrogens is 458 g/mol. The summed E-state index contributed by atoms with van der Waals surface area (Å²) in [6, 6.07) is 50.4. The zero-order valence-electron chi connectivity index (χ0n) is 21.7. The summed E-state index contributed by atoms with van der Waals surface area (Å²) in [7, 11) is 0. The van der Waals surface area contributed by atoms with Crippen LogP contribution in [0.3, 0.4) is 0 Å². The maximum Gasteiger partial charge on any atom is 0.0468 e. The van der Waals surface area contributed by atoms with Crippen molar-refractivity contribution in [3.8, 4) is 22.3 Å². The van der Waals surface area contributed by atoms with E-state index in [4.69, 9.17) is 0 Å². The standard InChI is InChI=1S/C37H29N/c1-37(2)35-23-22-29(38(27-16-8-4-9-17-27)28-18-10-5-11-19-28)24-33(35)34-25-32(26-14-6-3-7-15-26)30-20-12-13-21-31(30)36(34)37/h3-25H,1-2H3. The van der Waals surface area contributed by atoms with E-state index in [9.17, 15) is 0 Å². The molecular formula is C37H29N. The molecule has 0 radical (unpaired) electrons. The van der Waals surface area contributed by atoms with Gasteiger partial charge in [-0.05, 0) is 86.6 Å². The van der Waals surface area contributed by atoms with E-state index in [0.29, 0.717) is 0 Å². The third-order valence-electron chi connectivity index (χ3n) is 8.01. The molecule has 6 aromatic rings. The van der Waals surface area contributed by atoms with E-state index >= 15 is 0 Å². The smallest absolute Gasteiger partial charge is 0.0468 e. The van der Waals surface area contributed by atoms with E-state index in [1.165, 1.54) is 49.8 Å². The molecule has 0 saturated heterocycles. The first-order chi connectivity index (χ1) is 18.6. The van der Waals surface area contributed by atoms with Gasteiger partial charge in [-0.15, -0.1) is 0 Å². The molecule has 7 rings (SSSR count). The van der Waals surface area contributed by atoms with Crippen LogP contribution in [-0.2, 0) is 5.41 Å². The summed E-state index contributed by atoms with van der Waals surface area (Å²) in [5, 5.41) is 2.66. The zero-order chi connectivity index (χ0) is 25.7. The van der Waals surface area contributed by atoms with Crippen LogP contribution in [-0.4, -0.2) is 0 Å². The Morgan fingerprint density at radius 1 is 0.447 bits per heavy atom. The van der Waals surface area contributed by atoms with Gasteiger partial charge in [0, 0.05) is 22.5 Å². The number of rotatable bonds is 4. The Kier molecular flexibility index (Phi) is 5.19. The van der Waals surface area contributed by atoms with Gasteiger partial charge >= 0.3 is 0 Å². The first-order valence-corrected chi connectivity index (χ1v) is 13.3. The average molecular weight is 488 g/mol. The predicted molar refractivity (Wildman–Crippen MR) is 162 cm³/mol. The third kappa shape index (κ3) is 3.47. The molecule has 1 heteroatoms. The Bertz CT molecular complexity index is 1730. The fraction of sp³-hybridized carbons (Fsp3) is 0.0811. The van der Waals surface area contributed by atoms with Crippen molar-refractivity contribution in [2.45, 2.75) is 19.3 Å². The molecule has 0 unspecified atom stereocenters. The van der Waals surface area contributed by atoms with Gasteiger partial charge in [-0.2, -0.15) is 0 Å². The fourth-order valence-electron chi connectivity index (χ4n) is 6.29. The lowest BCUT2D eigenvalue weighted by Crippen LogP contribution is -2.16. The molecule has 1 aliphatic rings. The Balaban J connectivity index is 1.50. The molecule has 0 atom stereocenters. The molecule has 1 nitrogen and oxygen atoms in total. The molecule has 0 aromatic heterocycles. The third-order valence-corrected chi connectivity index (χ3v) is 8.01. The van der Waals surface area contributed by atoms with Crippen molar-refractivity contribution in [2.75, 3.05) is 4.90 Å². The van der Waals surface area contributed by atoms with E-state index in [1.807, 2.05) is 0 Å². The minimum Gasteiger partial charge on any atom is -0.310 e. The number of nitrogens with zero attached hydrogens (tertiary/aromatic N) is 1. The van der Waals surface area contributed by atoms with Crippen LogP contribution in [0, 0.1) is 0 Å². The van der Waals surface area contributed by atoms with Crippen LogP contribution in [0.15, 0.2) is 140 Å². The first kappa shape index (κ1) is 22.6. The molecule has 0 fully saturated rings. The molecule has 6 aromatic carbocycles. The molecule has 0 bridgehead atoms. The maximum atomic E-state index is 2.43. The quantitative estimate of drug-likeness (QED) is 0.239. The summed E-state index contributed by atoms with van der Waals surface area (Å²) < 4.78 is 0. The van der Waals surface area contributed by atoms with Crippen LogP contribution >= 0.6 is 0 Å². The minimum absolute atomic E-state index is 0.0949. The van der Waals surface area contributed by atoms with Crippen molar-refractivity contribution >= 4 is 27.8 Å². The summed E-state index contributed by atoms with van der Waals surface area (Å²) in [5.41, 5.74) is 11.4. The summed E-state index contributed by atoms with van der Waals surface area (Å²) in [6.07, 6.45) is 0. The van der Waals surface area contributed by atoms with Gasteiger partial charge in [-0.25, -0.2) is 0 Å². The molecule has 0 saturated carbocycles. The van der Waals surface area contributed by atoms with Crippen LogP contribution in [0.5, 0.6) is 0 Å². The highest BCUT2D eigenvalue weighted by atomic mass is 15.1. The lowest BCUT2D eigenvalue weighted by Gasteiger charge is -2.27. The summed E-state index contributed by atoms with van der Waals surface area (Å²) in [6.45, 7) is 4.75. The second-order valence-corrected chi connectivity index (χ2v) is 10.6. The number of hydrogen-bond acceptors (Lipinski definition) is 1. The second-order valence-electron chi connectivity index (χ2n) is 10.6. The Labute approximate surface area is 224 Å². The highest BCUT2D eigenvalue weighted by Gasteiger charge is 2.38. The normalized spacial score (nSPS) is 13.2. The van der Waals surface area contributed by atoms with Crippen molar-refractivity contribution in [3.05, 3.63) is 151 Å².